The van der Waals surface area contributed by atoms with Gasteiger partial charge in [0.05, 0.1) is 10.2 Å². The zero-order valence-electron chi connectivity index (χ0n) is 5.79. The minimum atomic E-state index is -0.719. The van der Waals surface area contributed by atoms with Crippen LogP contribution in [0.2, 0.25) is 0 Å². The van der Waals surface area contributed by atoms with E-state index in [1.54, 1.807) is 6.92 Å². The van der Waals surface area contributed by atoms with Gasteiger partial charge in [0.2, 0.25) is 0 Å². The monoisotopic (exact) mass is 221 g/mol. The maximum atomic E-state index is 12.7. The van der Waals surface area contributed by atoms with E-state index in [-0.39, 0.29) is 10.2 Å². The first kappa shape index (κ1) is 8.46. The standard InChI is InChI=1S/C7H6BrF2N/c1-3-6(8)4(9)2-5(10)7(3)11/h2H,11H2,1H3. The van der Waals surface area contributed by atoms with Crippen molar-refractivity contribution in [2.24, 2.45) is 0 Å². The van der Waals surface area contributed by atoms with E-state index in [4.69, 9.17) is 5.73 Å². The number of halogens is 3. The van der Waals surface area contributed by atoms with Gasteiger partial charge < -0.3 is 5.73 Å². The Balaban J connectivity index is 3.46. The van der Waals surface area contributed by atoms with E-state index in [0.717, 1.165) is 6.07 Å². The van der Waals surface area contributed by atoms with Crippen molar-refractivity contribution >= 4 is 21.6 Å². The van der Waals surface area contributed by atoms with Crippen molar-refractivity contribution < 1.29 is 8.78 Å². The summed E-state index contributed by atoms with van der Waals surface area (Å²) in [5, 5.41) is 0. The van der Waals surface area contributed by atoms with Crippen molar-refractivity contribution in [1.29, 1.82) is 0 Å². The Kier molecular flexibility index (Phi) is 2.13. The fourth-order valence-electron chi connectivity index (χ4n) is 0.729. The van der Waals surface area contributed by atoms with Crippen LogP contribution in [0.4, 0.5) is 14.5 Å². The van der Waals surface area contributed by atoms with Crippen molar-refractivity contribution in [2.75, 3.05) is 5.73 Å². The largest absolute Gasteiger partial charge is 0.396 e. The van der Waals surface area contributed by atoms with Gasteiger partial charge in [-0.1, -0.05) is 0 Å². The summed E-state index contributed by atoms with van der Waals surface area (Å²) < 4.78 is 25.5. The third-order valence-corrected chi connectivity index (χ3v) is 2.43. The van der Waals surface area contributed by atoms with Gasteiger partial charge in [-0.25, -0.2) is 8.78 Å². The highest BCUT2D eigenvalue weighted by Gasteiger charge is 2.10. The molecule has 0 spiro atoms. The Morgan fingerprint density at radius 1 is 1.36 bits per heavy atom. The van der Waals surface area contributed by atoms with Gasteiger partial charge >= 0.3 is 0 Å². The van der Waals surface area contributed by atoms with Crippen LogP contribution in [0.1, 0.15) is 5.56 Å². The average Bonchev–Trinajstić information content (AvgIpc) is 1.97. The molecule has 2 N–H and O–H groups in total. The van der Waals surface area contributed by atoms with Crippen LogP contribution < -0.4 is 5.73 Å². The lowest BCUT2D eigenvalue weighted by molar-refractivity contribution is 0.580. The molecular formula is C7H6BrF2N. The summed E-state index contributed by atoms with van der Waals surface area (Å²) in [5.74, 6) is -1.35. The molecule has 0 fully saturated rings. The van der Waals surface area contributed by atoms with E-state index < -0.39 is 11.6 Å². The predicted octanol–water partition coefficient (Wildman–Crippen LogP) is 2.62. The second kappa shape index (κ2) is 2.77. The van der Waals surface area contributed by atoms with E-state index in [1.807, 2.05) is 0 Å². The van der Waals surface area contributed by atoms with Gasteiger partial charge in [-0.3, -0.25) is 0 Å². The first-order chi connectivity index (χ1) is 5.04. The number of benzene rings is 1. The Hall–Kier alpha value is -0.640. The summed E-state index contributed by atoms with van der Waals surface area (Å²) in [5.41, 5.74) is 5.66. The molecule has 1 nitrogen and oxygen atoms in total. The maximum absolute atomic E-state index is 12.7. The first-order valence-corrected chi connectivity index (χ1v) is 3.73. The molecule has 4 heteroatoms. The molecule has 0 bridgehead atoms. The van der Waals surface area contributed by atoms with Gasteiger partial charge in [-0.05, 0) is 28.4 Å². The zero-order chi connectivity index (χ0) is 8.59. The second-order valence-electron chi connectivity index (χ2n) is 2.19. The van der Waals surface area contributed by atoms with Crippen LogP contribution in [0.25, 0.3) is 0 Å². The molecule has 60 valence electrons. The van der Waals surface area contributed by atoms with Gasteiger partial charge in [-0.15, -0.1) is 0 Å². The smallest absolute Gasteiger partial charge is 0.149 e. The maximum Gasteiger partial charge on any atom is 0.149 e. The summed E-state index contributed by atoms with van der Waals surface area (Å²) in [6.45, 7) is 1.55. The fourth-order valence-corrected chi connectivity index (χ4v) is 1.06. The minimum absolute atomic E-state index is 0.0155. The summed E-state index contributed by atoms with van der Waals surface area (Å²) in [6, 6.07) is 0.756. The molecular weight excluding hydrogens is 216 g/mol. The third kappa shape index (κ3) is 1.35. The molecule has 1 aromatic rings. The SMILES string of the molecule is Cc1c(N)c(F)cc(F)c1Br. The minimum Gasteiger partial charge on any atom is -0.396 e. The second-order valence-corrected chi connectivity index (χ2v) is 2.99. The number of rotatable bonds is 0. The molecule has 0 aliphatic carbocycles. The molecule has 1 rings (SSSR count). The molecule has 0 amide bonds. The molecule has 0 radical (unpaired) electrons. The van der Waals surface area contributed by atoms with E-state index in [9.17, 15) is 8.78 Å². The van der Waals surface area contributed by atoms with Crippen LogP contribution in [0.15, 0.2) is 10.5 Å². The Morgan fingerprint density at radius 3 is 2.45 bits per heavy atom. The van der Waals surface area contributed by atoms with Crippen LogP contribution >= 0.6 is 15.9 Å². The van der Waals surface area contributed by atoms with E-state index in [0.29, 0.717) is 5.56 Å². The van der Waals surface area contributed by atoms with Gasteiger partial charge in [-0.2, -0.15) is 0 Å². The van der Waals surface area contributed by atoms with Gasteiger partial charge in [0, 0.05) is 6.07 Å². The molecule has 0 aliphatic rings. The Labute approximate surface area is 71.3 Å². The lowest BCUT2D eigenvalue weighted by Crippen LogP contribution is -1.97. The highest BCUT2D eigenvalue weighted by Crippen LogP contribution is 2.27. The van der Waals surface area contributed by atoms with Crippen molar-refractivity contribution in [3.8, 4) is 0 Å². The lowest BCUT2D eigenvalue weighted by Gasteiger charge is -2.04. The van der Waals surface area contributed by atoms with Gasteiger partial charge in [0.15, 0.2) is 0 Å². The van der Waals surface area contributed by atoms with Crippen molar-refractivity contribution in [3.05, 3.63) is 27.7 Å². The van der Waals surface area contributed by atoms with E-state index >= 15 is 0 Å². The molecule has 0 heterocycles. The molecule has 0 aromatic heterocycles. The molecule has 0 unspecified atom stereocenters. The van der Waals surface area contributed by atoms with Crippen LogP contribution in [0, 0.1) is 18.6 Å². The Morgan fingerprint density at radius 2 is 1.91 bits per heavy atom. The molecule has 0 aliphatic heterocycles. The molecule has 0 saturated carbocycles. The highest BCUT2D eigenvalue weighted by molar-refractivity contribution is 9.10. The number of nitrogen functional groups attached to an aromatic ring is 1. The quantitative estimate of drug-likeness (QED) is 0.529. The zero-order valence-corrected chi connectivity index (χ0v) is 7.37. The molecule has 0 saturated heterocycles. The summed E-state index contributed by atoms with van der Waals surface area (Å²) in [7, 11) is 0. The predicted molar refractivity (Wildman–Crippen MR) is 43.2 cm³/mol. The number of anilines is 1. The normalized spacial score (nSPS) is 10.2. The highest BCUT2D eigenvalue weighted by atomic mass is 79.9. The van der Waals surface area contributed by atoms with Crippen molar-refractivity contribution in [1.82, 2.24) is 0 Å². The Bertz CT molecular complexity index is 273. The number of hydrogen-bond acceptors (Lipinski definition) is 1. The summed E-state index contributed by atoms with van der Waals surface area (Å²) >= 11 is 2.94. The topological polar surface area (TPSA) is 26.0 Å². The van der Waals surface area contributed by atoms with Crippen LogP contribution in [-0.2, 0) is 0 Å². The van der Waals surface area contributed by atoms with E-state index in [2.05, 4.69) is 15.9 Å². The van der Waals surface area contributed by atoms with Gasteiger partial charge in [0.1, 0.15) is 11.6 Å². The average molecular weight is 222 g/mol. The summed E-state index contributed by atoms with van der Waals surface area (Å²) in [6.07, 6.45) is 0. The van der Waals surface area contributed by atoms with Gasteiger partial charge in [0.25, 0.3) is 0 Å². The molecule has 0 atom stereocenters. The van der Waals surface area contributed by atoms with Crippen molar-refractivity contribution in [3.63, 3.8) is 0 Å². The van der Waals surface area contributed by atoms with Crippen LogP contribution in [0.5, 0.6) is 0 Å². The molecule has 11 heavy (non-hydrogen) atoms. The van der Waals surface area contributed by atoms with Crippen molar-refractivity contribution in [2.45, 2.75) is 6.92 Å². The molecule has 1 aromatic carbocycles. The lowest BCUT2D eigenvalue weighted by atomic mass is 10.2. The van der Waals surface area contributed by atoms with Crippen LogP contribution in [-0.4, -0.2) is 0 Å². The first-order valence-electron chi connectivity index (χ1n) is 2.93. The third-order valence-electron chi connectivity index (χ3n) is 1.45. The number of hydrogen-bond donors (Lipinski definition) is 1. The number of nitrogens with two attached hydrogens (primary N) is 1. The van der Waals surface area contributed by atoms with E-state index in [1.165, 1.54) is 0 Å². The van der Waals surface area contributed by atoms with Crippen LogP contribution in [0.3, 0.4) is 0 Å². The summed E-state index contributed by atoms with van der Waals surface area (Å²) in [4.78, 5) is 0. The fraction of sp³-hybridized carbons (Fsp3) is 0.143.